The summed E-state index contributed by atoms with van der Waals surface area (Å²) < 4.78 is 7.69. The number of amides is 2. The van der Waals surface area contributed by atoms with E-state index in [4.69, 9.17) is 9.72 Å². The number of rotatable bonds is 15. The van der Waals surface area contributed by atoms with E-state index in [2.05, 4.69) is 18.5 Å². The zero-order chi connectivity index (χ0) is 26.6. The highest BCUT2D eigenvalue weighted by atomic mass is 16.5. The number of nitrogens with one attached hydrogen (secondary N) is 1. The fourth-order valence-corrected chi connectivity index (χ4v) is 4.19. The van der Waals surface area contributed by atoms with Crippen LogP contribution in [0.4, 0.5) is 0 Å². The molecule has 1 aromatic heterocycles. The SMILES string of the molecule is C=CCN(CC=C)C(=O)Cn1c(CCCCCNC(=O)COc2cc(C)ccc2C)nc2ccccc21. The fourth-order valence-electron chi connectivity index (χ4n) is 4.19. The van der Waals surface area contributed by atoms with Gasteiger partial charge < -0.3 is 19.5 Å². The number of benzene rings is 2. The third-order valence-electron chi connectivity index (χ3n) is 6.18. The van der Waals surface area contributed by atoms with E-state index in [1.807, 2.05) is 60.9 Å². The third kappa shape index (κ3) is 8.07. The van der Waals surface area contributed by atoms with Crippen LogP contribution in [0, 0.1) is 13.8 Å². The summed E-state index contributed by atoms with van der Waals surface area (Å²) in [6, 6.07) is 13.9. The Morgan fingerprint density at radius 2 is 1.81 bits per heavy atom. The molecule has 0 saturated heterocycles. The summed E-state index contributed by atoms with van der Waals surface area (Å²) in [7, 11) is 0. The molecule has 0 aliphatic heterocycles. The molecule has 2 amide bonds. The van der Waals surface area contributed by atoms with Gasteiger partial charge in [0.2, 0.25) is 5.91 Å². The van der Waals surface area contributed by atoms with Crippen molar-refractivity contribution in [2.45, 2.75) is 46.1 Å². The van der Waals surface area contributed by atoms with Crippen LogP contribution < -0.4 is 10.1 Å². The van der Waals surface area contributed by atoms with Crippen LogP contribution in [-0.4, -0.2) is 52.5 Å². The highest BCUT2D eigenvalue weighted by Crippen LogP contribution is 2.19. The molecule has 0 aliphatic rings. The van der Waals surface area contributed by atoms with Crippen LogP contribution in [0.15, 0.2) is 67.8 Å². The predicted molar refractivity (Wildman–Crippen MR) is 149 cm³/mol. The Labute approximate surface area is 219 Å². The van der Waals surface area contributed by atoms with Crippen molar-refractivity contribution in [3.8, 4) is 5.75 Å². The number of ether oxygens (including phenoxy) is 1. The van der Waals surface area contributed by atoms with Crippen molar-refractivity contribution in [2.24, 2.45) is 0 Å². The first-order chi connectivity index (χ1) is 17.9. The molecule has 0 saturated carbocycles. The molecule has 0 radical (unpaired) electrons. The molecule has 7 nitrogen and oxygen atoms in total. The van der Waals surface area contributed by atoms with Crippen LogP contribution in [0.2, 0.25) is 0 Å². The number of hydrogen-bond acceptors (Lipinski definition) is 4. The van der Waals surface area contributed by atoms with Gasteiger partial charge in [-0.2, -0.15) is 0 Å². The van der Waals surface area contributed by atoms with E-state index < -0.39 is 0 Å². The Hall–Kier alpha value is -3.87. The van der Waals surface area contributed by atoms with Crippen LogP contribution in [-0.2, 0) is 22.6 Å². The van der Waals surface area contributed by atoms with Crippen molar-refractivity contribution in [3.05, 3.63) is 84.7 Å². The minimum absolute atomic E-state index is 0.00925. The summed E-state index contributed by atoms with van der Waals surface area (Å²) in [6.07, 6.45) is 6.92. The Bertz CT molecular complexity index is 1220. The number of fused-ring (bicyclic) bond motifs is 1. The van der Waals surface area contributed by atoms with Gasteiger partial charge in [0.15, 0.2) is 6.61 Å². The van der Waals surface area contributed by atoms with Crippen LogP contribution >= 0.6 is 0 Å². The second kappa shape index (κ2) is 14.0. The molecule has 1 heterocycles. The molecule has 1 N–H and O–H groups in total. The zero-order valence-electron chi connectivity index (χ0n) is 22.0. The monoisotopic (exact) mass is 502 g/mol. The first kappa shape index (κ1) is 27.7. The summed E-state index contributed by atoms with van der Waals surface area (Å²) >= 11 is 0. The van der Waals surface area contributed by atoms with Crippen molar-refractivity contribution in [3.63, 3.8) is 0 Å². The van der Waals surface area contributed by atoms with E-state index in [1.165, 1.54) is 0 Å². The van der Waals surface area contributed by atoms with E-state index in [-0.39, 0.29) is 25.0 Å². The Morgan fingerprint density at radius 1 is 1.05 bits per heavy atom. The second-order valence-electron chi connectivity index (χ2n) is 9.20. The Morgan fingerprint density at radius 3 is 2.57 bits per heavy atom. The van der Waals surface area contributed by atoms with Crippen molar-refractivity contribution < 1.29 is 14.3 Å². The number of unbranched alkanes of at least 4 members (excludes halogenated alkanes) is 2. The van der Waals surface area contributed by atoms with Crippen LogP contribution in [0.25, 0.3) is 11.0 Å². The number of nitrogens with zero attached hydrogens (tertiary/aromatic N) is 3. The number of para-hydroxylation sites is 2. The lowest BCUT2D eigenvalue weighted by Crippen LogP contribution is -2.34. The summed E-state index contributed by atoms with van der Waals surface area (Å²) in [4.78, 5) is 31.7. The van der Waals surface area contributed by atoms with Gasteiger partial charge in [0.05, 0.1) is 11.0 Å². The molecule has 0 fully saturated rings. The van der Waals surface area contributed by atoms with E-state index in [9.17, 15) is 9.59 Å². The molecule has 0 unspecified atom stereocenters. The number of carbonyl (C=O) groups excluding carboxylic acids is 2. The summed E-state index contributed by atoms with van der Waals surface area (Å²) in [5.41, 5.74) is 3.96. The van der Waals surface area contributed by atoms with Gasteiger partial charge in [-0.25, -0.2) is 4.98 Å². The molecule has 0 spiro atoms. The Kier molecular flexibility index (Phi) is 10.5. The number of hydrogen-bond donors (Lipinski definition) is 1. The van der Waals surface area contributed by atoms with Gasteiger partial charge in [-0.05, 0) is 56.0 Å². The lowest BCUT2D eigenvalue weighted by atomic mass is 10.1. The van der Waals surface area contributed by atoms with Gasteiger partial charge in [0.1, 0.15) is 18.1 Å². The van der Waals surface area contributed by atoms with Crippen molar-refractivity contribution in [1.82, 2.24) is 19.8 Å². The van der Waals surface area contributed by atoms with Crippen molar-refractivity contribution >= 4 is 22.8 Å². The van der Waals surface area contributed by atoms with Gasteiger partial charge in [-0.15, -0.1) is 13.2 Å². The van der Waals surface area contributed by atoms with Crippen LogP contribution in [0.3, 0.4) is 0 Å². The minimum atomic E-state index is -0.121. The Balaban J connectivity index is 1.47. The molecule has 196 valence electrons. The maximum Gasteiger partial charge on any atom is 0.257 e. The zero-order valence-corrected chi connectivity index (χ0v) is 22.0. The molecule has 2 aromatic carbocycles. The standard InChI is InChI=1S/C30H38N4O3/c1-5-18-33(19-6-2)30(36)21-34-26-13-10-9-12-25(26)32-28(34)14-8-7-11-17-31-29(35)22-37-27-20-23(3)15-16-24(27)4/h5-6,9-10,12-13,15-16,20H,1-2,7-8,11,14,17-19,21-22H2,3-4H3,(H,31,35). The average Bonchev–Trinajstić information content (AvgIpc) is 3.23. The first-order valence-corrected chi connectivity index (χ1v) is 12.8. The fraction of sp³-hybridized carbons (Fsp3) is 0.367. The molecule has 3 aromatic rings. The lowest BCUT2D eigenvalue weighted by Gasteiger charge is -2.20. The molecule has 37 heavy (non-hydrogen) atoms. The maximum absolute atomic E-state index is 13.0. The van der Waals surface area contributed by atoms with E-state index >= 15 is 0 Å². The summed E-state index contributed by atoms with van der Waals surface area (Å²) in [6.45, 7) is 13.3. The lowest BCUT2D eigenvalue weighted by molar-refractivity contribution is -0.130. The maximum atomic E-state index is 13.0. The van der Waals surface area contributed by atoms with Crippen molar-refractivity contribution in [1.29, 1.82) is 0 Å². The van der Waals surface area contributed by atoms with Gasteiger partial charge >= 0.3 is 0 Å². The molecule has 0 bridgehead atoms. The highest BCUT2D eigenvalue weighted by Gasteiger charge is 2.17. The van der Waals surface area contributed by atoms with Gasteiger partial charge in [0, 0.05) is 26.1 Å². The number of imidazole rings is 1. The largest absolute Gasteiger partial charge is 0.483 e. The van der Waals surface area contributed by atoms with Crippen LogP contribution in [0.1, 0.15) is 36.2 Å². The smallest absolute Gasteiger partial charge is 0.257 e. The molecule has 3 rings (SSSR count). The van der Waals surface area contributed by atoms with E-state index in [1.54, 1.807) is 17.1 Å². The third-order valence-corrected chi connectivity index (χ3v) is 6.18. The van der Waals surface area contributed by atoms with E-state index in [0.29, 0.717) is 19.6 Å². The highest BCUT2D eigenvalue weighted by molar-refractivity contribution is 5.81. The normalized spacial score (nSPS) is 10.8. The molecule has 0 aliphatic carbocycles. The van der Waals surface area contributed by atoms with E-state index in [0.717, 1.165) is 59.4 Å². The summed E-state index contributed by atoms with van der Waals surface area (Å²) in [5, 5.41) is 2.93. The average molecular weight is 503 g/mol. The quantitative estimate of drug-likeness (QED) is 0.240. The minimum Gasteiger partial charge on any atom is -0.483 e. The van der Waals surface area contributed by atoms with Gasteiger partial charge in [-0.1, -0.05) is 42.8 Å². The van der Waals surface area contributed by atoms with Gasteiger partial charge in [-0.3, -0.25) is 9.59 Å². The first-order valence-electron chi connectivity index (χ1n) is 12.8. The number of aromatic nitrogens is 2. The number of aryl methyl sites for hydroxylation is 3. The topological polar surface area (TPSA) is 76.5 Å². The number of carbonyl (C=O) groups is 2. The molecular weight excluding hydrogens is 464 g/mol. The van der Waals surface area contributed by atoms with Gasteiger partial charge in [0.25, 0.3) is 5.91 Å². The second-order valence-corrected chi connectivity index (χ2v) is 9.20. The summed E-state index contributed by atoms with van der Waals surface area (Å²) in [5.74, 6) is 1.53. The molecule has 7 heteroatoms. The molecular formula is C30H38N4O3. The van der Waals surface area contributed by atoms with Crippen LogP contribution in [0.5, 0.6) is 5.75 Å². The van der Waals surface area contributed by atoms with Crippen molar-refractivity contribution in [2.75, 3.05) is 26.2 Å². The molecule has 0 atom stereocenters. The predicted octanol–water partition coefficient (Wildman–Crippen LogP) is 4.76.